The smallest absolute Gasteiger partial charge is 0.439 e. The second-order valence-corrected chi connectivity index (χ2v) is 1.41. The summed E-state index contributed by atoms with van der Waals surface area (Å²) < 4.78 is -0.984. The van der Waals surface area contributed by atoms with Gasteiger partial charge in [-0.2, -0.15) is 0 Å². The molecule has 0 aromatic rings. The summed E-state index contributed by atoms with van der Waals surface area (Å²) in [7, 11) is 0. The molecule has 5 nitrogen and oxygen atoms in total. The summed E-state index contributed by atoms with van der Waals surface area (Å²) in [6.45, 7) is 0. The molecule has 6 heteroatoms. The van der Waals surface area contributed by atoms with Crippen LogP contribution in [0.3, 0.4) is 0 Å². The van der Waals surface area contributed by atoms with Crippen molar-refractivity contribution in [2.24, 2.45) is 0 Å². The molecule has 1 N–H and O–H groups in total. The quantitative estimate of drug-likeness (QED) is 0.313. The van der Waals surface area contributed by atoms with Crippen LogP contribution in [-0.4, -0.2) is 14.7 Å². The number of carbonyl (C=O) groups is 1. The second-order valence-electron chi connectivity index (χ2n) is 0.581. The molecule has 0 aliphatic carbocycles. The molecule has 0 aromatic carbocycles. The Morgan fingerprint density at radius 1 is 1.86 bits per heavy atom. The summed E-state index contributed by atoms with van der Waals surface area (Å²) in [5, 5.41) is 15.3. The predicted molar refractivity (Wildman–Crippen MR) is 22.6 cm³/mol. The Morgan fingerprint density at radius 2 is 2.29 bits per heavy atom. The van der Waals surface area contributed by atoms with Gasteiger partial charge in [-0.3, -0.25) is 10.1 Å². The highest BCUT2D eigenvalue weighted by Gasteiger charge is 2.08. The number of nitro groups is 1. The molecular formula is CHNO4S. The van der Waals surface area contributed by atoms with E-state index < -0.39 is 9.63 Å². The molecule has 0 aromatic heterocycles. The molecule has 0 heterocycles. The zero-order valence-corrected chi connectivity index (χ0v) is 3.84. The van der Waals surface area contributed by atoms with Gasteiger partial charge in [-0.25, -0.2) is 4.79 Å². The van der Waals surface area contributed by atoms with Gasteiger partial charge in [0.1, 0.15) is 4.33 Å². The highest BCUT2D eigenvalue weighted by molar-refractivity contribution is 8.07. The fourth-order valence-corrected chi connectivity index (χ4v) is 0.191. The van der Waals surface area contributed by atoms with E-state index in [1.807, 2.05) is 0 Å². The maximum absolute atomic E-state index is 9.33. The lowest BCUT2D eigenvalue weighted by Crippen LogP contribution is -1.90. The number of hydrogen-bond acceptors (Lipinski definition) is 4. The summed E-state index contributed by atoms with van der Waals surface area (Å²) >= 11 is -0.352. The van der Waals surface area contributed by atoms with Crippen LogP contribution in [0.4, 0.5) is 4.79 Å². The molecule has 0 unspecified atom stereocenters. The normalized spacial score (nSPS) is 8.00. The molecule has 0 radical (unpaired) electrons. The lowest BCUT2D eigenvalue weighted by Gasteiger charge is -1.75. The van der Waals surface area contributed by atoms with Gasteiger partial charge in [-0.15, -0.1) is 0 Å². The highest BCUT2D eigenvalue weighted by Crippen LogP contribution is 1.98. The first-order valence-corrected chi connectivity index (χ1v) is 1.95. The van der Waals surface area contributed by atoms with E-state index in [0.29, 0.717) is 0 Å². The zero-order chi connectivity index (χ0) is 5.86. The SMILES string of the molecule is O=C(O)S[N+](=O)[O-]. The van der Waals surface area contributed by atoms with Crippen LogP contribution in [0.1, 0.15) is 0 Å². The fraction of sp³-hybridized carbons (Fsp3) is 0. The van der Waals surface area contributed by atoms with E-state index in [-0.39, 0.29) is 11.9 Å². The first kappa shape index (κ1) is 6.22. The van der Waals surface area contributed by atoms with Crippen LogP contribution >= 0.6 is 11.9 Å². The molecule has 0 spiro atoms. The zero-order valence-electron chi connectivity index (χ0n) is 3.03. The molecular weight excluding hydrogens is 122 g/mol. The minimum Gasteiger partial charge on any atom is -0.469 e. The Bertz CT molecular complexity index is 87.9. The largest absolute Gasteiger partial charge is 0.469 e. The molecule has 0 aliphatic heterocycles. The van der Waals surface area contributed by atoms with E-state index in [1.165, 1.54) is 0 Å². The summed E-state index contributed by atoms with van der Waals surface area (Å²) in [6.07, 6.45) is 0. The van der Waals surface area contributed by atoms with Gasteiger partial charge in [0.2, 0.25) is 0 Å². The molecule has 0 bridgehead atoms. The molecule has 0 amide bonds. The first-order chi connectivity index (χ1) is 3.13. The molecule has 7 heavy (non-hydrogen) atoms. The minimum absolute atomic E-state index is 0.352. The van der Waals surface area contributed by atoms with Crippen LogP contribution in [0, 0.1) is 10.1 Å². The van der Waals surface area contributed by atoms with E-state index in [2.05, 4.69) is 0 Å². The Labute approximate surface area is 42.6 Å². The topological polar surface area (TPSA) is 80.4 Å². The summed E-state index contributed by atoms with van der Waals surface area (Å²) in [5.41, 5.74) is 0. The molecule has 0 atom stereocenters. The van der Waals surface area contributed by atoms with Gasteiger partial charge >= 0.3 is 17.2 Å². The molecule has 0 aliphatic rings. The summed E-state index contributed by atoms with van der Waals surface area (Å²) in [6, 6.07) is 0. The minimum atomic E-state index is -1.50. The van der Waals surface area contributed by atoms with Crippen molar-refractivity contribution in [1.29, 1.82) is 0 Å². The van der Waals surface area contributed by atoms with E-state index >= 15 is 0 Å². The van der Waals surface area contributed by atoms with Gasteiger partial charge in [0.05, 0.1) is 0 Å². The van der Waals surface area contributed by atoms with E-state index in [4.69, 9.17) is 5.11 Å². The molecule has 0 rings (SSSR count). The van der Waals surface area contributed by atoms with Crippen LogP contribution in [0.15, 0.2) is 0 Å². The van der Waals surface area contributed by atoms with Crippen molar-refractivity contribution < 1.29 is 14.2 Å². The standard InChI is InChI=1S/CHNO4S/c3-1(4)7-2(5)6/h(H,3,4). The third-order valence-electron chi connectivity index (χ3n) is 0.153. The van der Waals surface area contributed by atoms with Crippen molar-refractivity contribution in [3.8, 4) is 0 Å². The predicted octanol–water partition coefficient (Wildman–Crippen LogP) is 0.589. The third kappa shape index (κ3) is 5.22. The van der Waals surface area contributed by atoms with E-state index in [1.54, 1.807) is 0 Å². The van der Waals surface area contributed by atoms with E-state index in [0.717, 1.165) is 0 Å². The van der Waals surface area contributed by atoms with E-state index in [9.17, 15) is 14.9 Å². The van der Waals surface area contributed by atoms with Gasteiger partial charge in [0.25, 0.3) is 0 Å². The first-order valence-electron chi connectivity index (χ1n) is 1.18. The monoisotopic (exact) mass is 123 g/mol. The van der Waals surface area contributed by atoms with Crippen LogP contribution in [0.2, 0.25) is 0 Å². The third-order valence-corrected chi connectivity index (χ3v) is 0.458. The van der Waals surface area contributed by atoms with Gasteiger partial charge in [0.15, 0.2) is 0 Å². The Hall–Kier alpha value is -0.780. The Morgan fingerprint density at radius 3 is 2.29 bits per heavy atom. The van der Waals surface area contributed by atoms with Crippen LogP contribution in [0.5, 0.6) is 0 Å². The Balaban J connectivity index is 3.32. The average Bonchev–Trinajstić information content (AvgIpc) is 1.27. The molecule has 0 saturated carbocycles. The number of carboxylic acid groups (broad SMARTS) is 1. The highest BCUT2D eigenvalue weighted by atomic mass is 32.2. The van der Waals surface area contributed by atoms with Crippen LogP contribution in [-0.2, 0) is 0 Å². The maximum atomic E-state index is 9.33. The fourth-order valence-electron chi connectivity index (χ4n) is 0.0638. The molecule has 0 saturated heterocycles. The number of nitrogens with zero attached hydrogens (tertiary/aromatic N) is 1. The maximum Gasteiger partial charge on any atom is 0.439 e. The molecule has 0 fully saturated rings. The van der Waals surface area contributed by atoms with Crippen LogP contribution in [0.25, 0.3) is 0 Å². The van der Waals surface area contributed by atoms with Crippen LogP contribution < -0.4 is 0 Å². The lowest BCUT2D eigenvalue weighted by atomic mass is 11.6. The van der Waals surface area contributed by atoms with Crippen molar-refractivity contribution in [3.05, 3.63) is 10.1 Å². The van der Waals surface area contributed by atoms with Crippen molar-refractivity contribution in [1.82, 2.24) is 0 Å². The molecule has 40 valence electrons. The average molecular weight is 123 g/mol. The number of rotatable bonds is 1. The van der Waals surface area contributed by atoms with Gasteiger partial charge in [-0.1, -0.05) is 0 Å². The van der Waals surface area contributed by atoms with Gasteiger partial charge in [-0.05, 0) is 0 Å². The van der Waals surface area contributed by atoms with Crippen molar-refractivity contribution in [3.63, 3.8) is 0 Å². The van der Waals surface area contributed by atoms with Crippen molar-refractivity contribution in [2.45, 2.75) is 0 Å². The van der Waals surface area contributed by atoms with Crippen molar-refractivity contribution >= 4 is 17.2 Å². The van der Waals surface area contributed by atoms with Gasteiger partial charge < -0.3 is 5.11 Å². The summed E-state index contributed by atoms with van der Waals surface area (Å²) in [5.74, 6) is 0. The summed E-state index contributed by atoms with van der Waals surface area (Å²) in [4.78, 5) is 18.5. The Kier molecular flexibility index (Phi) is 2.14. The van der Waals surface area contributed by atoms with Gasteiger partial charge in [0, 0.05) is 0 Å². The van der Waals surface area contributed by atoms with Crippen molar-refractivity contribution in [2.75, 3.05) is 0 Å². The lowest BCUT2D eigenvalue weighted by molar-refractivity contribution is -0.282. The number of hydrogen-bond donors (Lipinski definition) is 1. The second kappa shape index (κ2) is 2.40.